The monoisotopic (exact) mass is 438 g/mol. The molecule has 0 radical (unpaired) electrons. The van der Waals surface area contributed by atoms with E-state index in [9.17, 15) is 14.4 Å². The zero-order valence-electron chi connectivity index (χ0n) is 17.3. The van der Waals surface area contributed by atoms with Crippen LogP contribution in [0.4, 0.5) is 0 Å². The maximum Gasteiger partial charge on any atom is 0.338 e. The van der Waals surface area contributed by atoms with Crippen LogP contribution in [0.25, 0.3) is 0 Å². The van der Waals surface area contributed by atoms with Gasteiger partial charge in [0.1, 0.15) is 19.3 Å². The van der Waals surface area contributed by atoms with Crippen molar-refractivity contribution in [3.05, 3.63) is 71.8 Å². The summed E-state index contributed by atoms with van der Waals surface area (Å²) in [5, 5.41) is 0. The minimum Gasteiger partial charge on any atom is -0.459 e. The number of ether oxygens (including phenoxy) is 5. The molecule has 166 valence electrons. The molecule has 0 bridgehead atoms. The lowest BCUT2D eigenvalue weighted by atomic mass is 10.1. The second-order valence-corrected chi connectivity index (χ2v) is 6.83. The average Bonchev–Trinajstić information content (AvgIpc) is 3.12. The van der Waals surface area contributed by atoms with Crippen LogP contribution in [0, 0.1) is 12.3 Å². The van der Waals surface area contributed by atoms with Crippen LogP contribution in [-0.4, -0.2) is 55.7 Å². The van der Waals surface area contributed by atoms with Gasteiger partial charge in [0.25, 0.3) is 0 Å². The summed E-state index contributed by atoms with van der Waals surface area (Å²) in [5.74, 6) is 0.465. The molecule has 0 N–H and O–H groups in total. The fourth-order valence-corrected chi connectivity index (χ4v) is 3.13. The Morgan fingerprint density at radius 3 is 2.06 bits per heavy atom. The number of benzene rings is 2. The number of carbonyl (C=O) groups is 3. The summed E-state index contributed by atoms with van der Waals surface area (Å²) >= 11 is 0. The summed E-state index contributed by atoms with van der Waals surface area (Å²) in [6.07, 6.45) is 1.07. The highest BCUT2D eigenvalue weighted by Gasteiger charge is 2.50. The molecule has 1 heterocycles. The van der Waals surface area contributed by atoms with Gasteiger partial charge in [0.05, 0.1) is 11.1 Å². The average molecular weight is 438 g/mol. The summed E-state index contributed by atoms with van der Waals surface area (Å²) in [7, 11) is 0. The molecule has 2 aromatic rings. The molecular weight excluding hydrogens is 416 g/mol. The Morgan fingerprint density at radius 1 is 0.906 bits per heavy atom. The van der Waals surface area contributed by atoms with Gasteiger partial charge in [-0.1, -0.05) is 42.3 Å². The van der Waals surface area contributed by atoms with Crippen molar-refractivity contribution in [1.82, 2.24) is 0 Å². The maximum atomic E-state index is 12.7. The molecule has 1 fully saturated rings. The summed E-state index contributed by atoms with van der Waals surface area (Å²) < 4.78 is 27.5. The van der Waals surface area contributed by atoms with E-state index in [2.05, 4.69) is 5.92 Å². The summed E-state index contributed by atoms with van der Waals surface area (Å²) in [5.41, 5.74) is 0.652. The van der Waals surface area contributed by atoms with E-state index >= 15 is 0 Å². The van der Waals surface area contributed by atoms with Gasteiger partial charge in [-0.3, -0.25) is 4.79 Å². The zero-order valence-corrected chi connectivity index (χ0v) is 17.3. The third kappa shape index (κ3) is 5.94. The number of hydrogen-bond acceptors (Lipinski definition) is 8. The first-order chi connectivity index (χ1) is 15.5. The molecule has 0 aromatic heterocycles. The van der Waals surface area contributed by atoms with Crippen LogP contribution in [0.3, 0.4) is 0 Å². The van der Waals surface area contributed by atoms with Gasteiger partial charge in [-0.05, 0) is 24.3 Å². The molecule has 8 nitrogen and oxygen atoms in total. The lowest BCUT2D eigenvalue weighted by Gasteiger charge is -2.23. The quantitative estimate of drug-likeness (QED) is 0.352. The largest absolute Gasteiger partial charge is 0.459 e. The van der Waals surface area contributed by atoms with Gasteiger partial charge in [-0.25, -0.2) is 9.59 Å². The number of esters is 3. The molecule has 3 rings (SSSR count). The van der Waals surface area contributed by atoms with E-state index in [1.165, 1.54) is 6.92 Å². The molecule has 32 heavy (non-hydrogen) atoms. The number of rotatable bonds is 8. The molecule has 4 atom stereocenters. The normalized spacial score (nSPS) is 21.9. The summed E-state index contributed by atoms with van der Waals surface area (Å²) in [4.78, 5) is 36.5. The van der Waals surface area contributed by atoms with Crippen LogP contribution in [0.5, 0.6) is 0 Å². The molecule has 4 unspecified atom stereocenters. The Morgan fingerprint density at radius 2 is 1.50 bits per heavy atom. The first-order valence-corrected chi connectivity index (χ1v) is 9.85. The van der Waals surface area contributed by atoms with Gasteiger partial charge in [0.2, 0.25) is 6.29 Å². The number of carbonyl (C=O) groups excluding carboxylic acids is 3. The predicted molar refractivity (Wildman–Crippen MR) is 111 cm³/mol. The van der Waals surface area contributed by atoms with Gasteiger partial charge in [0, 0.05) is 6.92 Å². The van der Waals surface area contributed by atoms with E-state index < -0.39 is 42.5 Å². The van der Waals surface area contributed by atoms with Crippen molar-refractivity contribution < 1.29 is 38.1 Å². The molecule has 1 saturated heterocycles. The van der Waals surface area contributed by atoms with Crippen molar-refractivity contribution >= 4 is 17.9 Å². The number of terminal acetylenes is 1. The second-order valence-electron chi connectivity index (χ2n) is 6.83. The van der Waals surface area contributed by atoms with Crippen LogP contribution in [0.1, 0.15) is 27.6 Å². The Hall–Kier alpha value is -3.67. The van der Waals surface area contributed by atoms with E-state index in [4.69, 9.17) is 30.1 Å². The van der Waals surface area contributed by atoms with Gasteiger partial charge in [0.15, 0.2) is 12.2 Å². The summed E-state index contributed by atoms with van der Waals surface area (Å²) in [6, 6.07) is 16.7. The van der Waals surface area contributed by atoms with Crippen LogP contribution in [-0.2, 0) is 28.5 Å². The van der Waals surface area contributed by atoms with Crippen molar-refractivity contribution in [3.63, 3.8) is 0 Å². The first-order valence-electron chi connectivity index (χ1n) is 9.85. The van der Waals surface area contributed by atoms with E-state index in [0.29, 0.717) is 11.1 Å². The Labute approximate surface area is 185 Å². The minimum atomic E-state index is -1.20. The molecule has 8 heteroatoms. The molecule has 0 saturated carbocycles. The smallest absolute Gasteiger partial charge is 0.338 e. The van der Waals surface area contributed by atoms with Crippen LogP contribution < -0.4 is 0 Å². The van der Waals surface area contributed by atoms with Crippen molar-refractivity contribution in [1.29, 1.82) is 0 Å². The minimum absolute atomic E-state index is 0.137. The predicted octanol–water partition coefficient (Wildman–Crippen LogP) is 2.38. The molecule has 0 spiro atoms. The van der Waals surface area contributed by atoms with Crippen molar-refractivity contribution in [2.75, 3.05) is 13.2 Å². The van der Waals surface area contributed by atoms with Crippen molar-refractivity contribution in [2.45, 2.75) is 31.5 Å². The van der Waals surface area contributed by atoms with Gasteiger partial charge >= 0.3 is 17.9 Å². The SMILES string of the molecule is C#CCOC1C(OC(C)=O)OC(COC(=O)c2ccccc2)C1OC(=O)c1ccccc1. The molecule has 1 aliphatic rings. The summed E-state index contributed by atoms with van der Waals surface area (Å²) in [6.45, 7) is 0.797. The lowest BCUT2D eigenvalue weighted by Crippen LogP contribution is -2.41. The molecule has 0 amide bonds. The second kappa shape index (κ2) is 11.1. The first kappa shape index (κ1) is 23.0. The van der Waals surface area contributed by atoms with Crippen molar-refractivity contribution in [2.24, 2.45) is 0 Å². The van der Waals surface area contributed by atoms with Crippen LogP contribution in [0.2, 0.25) is 0 Å². The van der Waals surface area contributed by atoms with Gasteiger partial charge < -0.3 is 23.7 Å². The standard InChI is InChI=1S/C24H22O8/c1-3-14-28-21-20(32-23(27)18-12-8-5-9-13-18)19(31-24(21)30-16(2)25)15-29-22(26)17-10-6-4-7-11-17/h1,4-13,19-21,24H,14-15H2,2H3. The van der Waals surface area contributed by atoms with E-state index in [-0.39, 0.29) is 13.2 Å². The van der Waals surface area contributed by atoms with Gasteiger partial charge in [-0.2, -0.15) is 0 Å². The van der Waals surface area contributed by atoms with E-state index in [1.54, 1.807) is 60.7 Å². The third-order valence-corrected chi connectivity index (χ3v) is 4.55. The lowest BCUT2D eigenvalue weighted by molar-refractivity contribution is -0.191. The maximum absolute atomic E-state index is 12.7. The fraction of sp³-hybridized carbons (Fsp3) is 0.292. The molecular formula is C24H22O8. The zero-order chi connectivity index (χ0) is 22.9. The van der Waals surface area contributed by atoms with E-state index in [0.717, 1.165) is 0 Å². The van der Waals surface area contributed by atoms with Gasteiger partial charge in [-0.15, -0.1) is 6.42 Å². The van der Waals surface area contributed by atoms with Crippen LogP contribution >= 0.6 is 0 Å². The Bertz CT molecular complexity index is 966. The topological polar surface area (TPSA) is 97.4 Å². The Balaban J connectivity index is 1.78. The molecule has 1 aliphatic heterocycles. The highest BCUT2D eigenvalue weighted by atomic mass is 16.7. The Kier molecular flexibility index (Phi) is 7.97. The highest BCUT2D eigenvalue weighted by molar-refractivity contribution is 5.90. The van der Waals surface area contributed by atoms with Crippen molar-refractivity contribution in [3.8, 4) is 12.3 Å². The number of hydrogen-bond donors (Lipinski definition) is 0. The van der Waals surface area contributed by atoms with E-state index in [1.807, 2.05) is 0 Å². The highest BCUT2D eigenvalue weighted by Crippen LogP contribution is 2.29. The fourth-order valence-electron chi connectivity index (χ4n) is 3.13. The van der Waals surface area contributed by atoms with Crippen LogP contribution in [0.15, 0.2) is 60.7 Å². The molecule has 0 aliphatic carbocycles. The molecule has 2 aromatic carbocycles. The third-order valence-electron chi connectivity index (χ3n) is 4.55.